The molecule has 0 atom stereocenters. The number of carbonyl (C=O) groups is 3. The van der Waals surface area contributed by atoms with Crippen molar-refractivity contribution in [2.75, 3.05) is 59.0 Å². The molecule has 0 radical (unpaired) electrons. The summed E-state index contributed by atoms with van der Waals surface area (Å²) in [4.78, 5) is 47.7. The Balaban J connectivity index is 2.02. The topological polar surface area (TPSA) is 185 Å². The Bertz CT molecular complexity index is 1050. The maximum absolute atomic E-state index is 12.4. The summed E-state index contributed by atoms with van der Waals surface area (Å²) in [6.07, 6.45) is 11.9. The highest BCUT2D eigenvalue weighted by Crippen LogP contribution is 2.21. The average Bonchev–Trinajstić information content (AvgIpc) is 2.95. The number of carboxylic acid groups (broad SMARTS) is 3. The van der Waals surface area contributed by atoms with Crippen LogP contribution in [-0.2, 0) is 27.5 Å². The molecule has 0 aliphatic carbocycles. The summed E-state index contributed by atoms with van der Waals surface area (Å²) in [5.74, 6) is -3.74. The molecule has 0 saturated heterocycles. The van der Waals surface area contributed by atoms with Crippen LogP contribution in [0.4, 0.5) is 0 Å². The van der Waals surface area contributed by atoms with Crippen LogP contribution in [0.2, 0.25) is 0 Å². The van der Waals surface area contributed by atoms with E-state index in [1.54, 1.807) is 26.8 Å². The monoisotopic (exact) mass is 618 g/mol. The minimum Gasteiger partial charge on any atom is -0.860 e. The maximum Gasteiger partial charge on any atom is 0.317 e. The highest BCUT2D eigenvalue weighted by Gasteiger charge is 2.20. The molecule has 248 valence electrons. The summed E-state index contributed by atoms with van der Waals surface area (Å²) in [5.41, 5.74) is 0.888. The molecule has 0 saturated carbocycles. The number of hydrogen-bond donors (Lipinski definition) is 1. The van der Waals surface area contributed by atoms with Gasteiger partial charge in [0.1, 0.15) is 12.4 Å². The molecule has 0 unspecified atom stereocenters. The van der Waals surface area contributed by atoms with E-state index in [1.165, 1.54) is 44.9 Å². The van der Waals surface area contributed by atoms with E-state index in [-0.39, 0.29) is 65.5 Å². The summed E-state index contributed by atoms with van der Waals surface area (Å²) in [7, 11) is 0. The zero-order valence-electron chi connectivity index (χ0n) is 26.0. The molecule has 1 N–H and O–H groups in total. The van der Waals surface area contributed by atoms with E-state index >= 15 is 0 Å². The Morgan fingerprint density at radius 2 is 1.34 bits per heavy atom. The molecule has 2 heterocycles. The van der Waals surface area contributed by atoms with Crippen molar-refractivity contribution in [3.05, 3.63) is 23.5 Å². The van der Waals surface area contributed by atoms with E-state index in [9.17, 15) is 34.8 Å². The number of hydrogen-bond acceptors (Lipinski definition) is 12. The van der Waals surface area contributed by atoms with Crippen LogP contribution in [0.25, 0.3) is 0 Å². The van der Waals surface area contributed by atoms with Gasteiger partial charge in [-0.2, -0.15) is 0 Å². The summed E-state index contributed by atoms with van der Waals surface area (Å²) in [6, 6.07) is 3.29. The molecule has 0 aromatic carbocycles. The predicted octanol–water partition coefficient (Wildman–Crippen LogP) is -0.356. The van der Waals surface area contributed by atoms with Gasteiger partial charge in [0.2, 0.25) is 0 Å². The lowest BCUT2D eigenvalue weighted by atomic mass is 10.1. The van der Waals surface area contributed by atoms with E-state index in [1.807, 2.05) is 0 Å². The lowest BCUT2D eigenvalue weighted by Gasteiger charge is -2.31. The van der Waals surface area contributed by atoms with Crippen LogP contribution in [0.15, 0.2) is 17.1 Å². The highest BCUT2D eigenvalue weighted by atomic mass is 16.5. The molecule has 1 aliphatic heterocycles. The van der Waals surface area contributed by atoms with Crippen LogP contribution in [-0.4, -0.2) is 108 Å². The standard InChI is InChI=1S/C31H51N5O8/c1-2-3-4-5-6-7-8-9-10-11-14-32-28(37)24-44-27-13-12-25-19-35(22-30(40)41)17-15-34(21-29(38)39)16-18-36(23-31(42)43)20-26(27)33-25/h12-13H,2-11,14-24H2,1H3,(H,32,37)(H,38,39)(H,40,41)(H,42,43)/p-3. The first-order chi connectivity index (χ1) is 21.2. The van der Waals surface area contributed by atoms with Gasteiger partial charge >= 0.3 is 5.97 Å². The molecule has 0 amide bonds. The SMILES string of the molecule is CCCCCCCCCCCCN=C([O-])COc1ccc2nc1CN(CC(=O)O)CCN(CC(=O)[O-])CCN(CC(=O)[O-])C2. The maximum atomic E-state index is 12.4. The molecular weight excluding hydrogens is 570 g/mol. The number of fused-ring (bicyclic) bond motifs is 2. The third kappa shape index (κ3) is 16.5. The fraction of sp³-hybridized carbons (Fsp3) is 0.710. The molecule has 2 rings (SSSR count). The normalized spacial score (nSPS) is 15.8. The van der Waals surface area contributed by atoms with E-state index in [0.29, 0.717) is 23.7 Å². The van der Waals surface area contributed by atoms with E-state index < -0.39 is 23.8 Å². The average molecular weight is 619 g/mol. The van der Waals surface area contributed by atoms with Crippen molar-refractivity contribution in [1.29, 1.82) is 0 Å². The number of pyridine rings is 1. The van der Waals surface area contributed by atoms with Gasteiger partial charge in [0, 0.05) is 58.9 Å². The van der Waals surface area contributed by atoms with Crippen molar-refractivity contribution < 1.29 is 39.5 Å². The first-order valence-corrected chi connectivity index (χ1v) is 15.8. The second-order valence-electron chi connectivity index (χ2n) is 11.3. The minimum atomic E-state index is -1.29. The lowest BCUT2D eigenvalue weighted by molar-refractivity contribution is -0.308. The van der Waals surface area contributed by atoms with Crippen molar-refractivity contribution in [2.24, 2.45) is 4.99 Å². The van der Waals surface area contributed by atoms with Crippen molar-refractivity contribution in [1.82, 2.24) is 19.7 Å². The Labute approximate surface area is 260 Å². The second kappa shape index (κ2) is 21.4. The highest BCUT2D eigenvalue weighted by molar-refractivity contribution is 5.73. The number of aliphatic carboxylic acids is 3. The molecule has 13 nitrogen and oxygen atoms in total. The third-order valence-corrected chi connectivity index (χ3v) is 7.43. The molecule has 13 heteroatoms. The molecule has 1 aliphatic rings. The Morgan fingerprint density at radius 1 is 0.795 bits per heavy atom. The van der Waals surface area contributed by atoms with Gasteiger partial charge in [0.15, 0.2) is 0 Å². The molecule has 44 heavy (non-hydrogen) atoms. The van der Waals surface area contributed by atoms with Crippen LogP contribution in [0.5, 0.6) is 5.75 Å². The predicted molar refractivity (Wildman–Crippen MR) is 159 cm³/mol. The molecule has 1 aromatic heterocycles. The van der Waals surface area contributed by atoms with Gasteiger partial charge in [-0.3, -0.25) is 24.5 Å². The fourth-order valence-electron chi connectivity index (χ4n) is 5.12. The number of carbonyl (C=O) groups excluding carboxylic acids is 2. The van der Waals surface area contributed by atoms with E-state index in [4.69, 9.17) is 4.74 Å². The van der Waals surface area contributed by atoms with E-state index in [0.717, 1.165) is 19.3 Å². The van der Waals surface area contributed by atoms with Crippen molar-refractivity contribution >= 4 is 23.8 Å². The summed E-state index contributed by atoms with van der Waals surface area (Å²) in [6.45, 7) is 2.29. The van der Waals surface area contributed by atoms with Gasteiger partial charge in [-0.15, -0.1) is 0 Å². The quantitative estimate of drug-likeness (QED) is 0.114. The molecule has 0 fully saturated rings. The lowest BCUT2D eigenvalue weighted by Crippen LogP contribution is -2.47. The third-order valence-electron chi connectivity index (χ3n) is 7.43. The van der Waals surface area contributed by atoms with Crippen LogP contribution in [0.3, 0.4) is 0 Å². The number of unbranched alkanes of at least 4 members (excludes halogenated alkanes) is 9. The first-order valence-electron chi connectivity index (χ1n) is 15.8. The Morgan fingerprint density at radius 3 is 1.93 bits per heavy atom. The van der Waals surface area contributed by atoms with Gasteiger partial charge in [0.25, 0.3) is 0 Å². The smallest absolute Gasteiger partial charge is 0.317 e. The number of aliphatic imine (C=N–C) groups is 1. The molecular formula is C31H48N5O8-3. The molecule has 2 bridgehead atoms. The number of ether oxygens (including phenoxy) is 1. The minimum absolute atomic E-state index is 0.0546. The summed E-state index contributed by atoms with van der Waals surface area (Å²) < 4.78 is 5.78. The summed E-state index contributed by atoms with van der Waals surface area (Å²) >= 11 is 0. The zero-order chi connectivity index (χ0) is 32.2. The summed E-state index contributed by atoms with van der Waals surface area (Å²) in [5, 5.41) is 44.5. The van der Waals surface area contributed by atoms with Gasteiger partial charge in [-0.1, -0.05) is 64.7 Å². The largest absolute Gasteiger partial charge is 0.860 e. The van der Waals surface area contributed by atoms with Gasteiger partial charge in [-0.05, 0) is 24.5 Å². The number of rotatable bonds is 20. The zero-order valence-corrected chi connectivity index (χ0v) is 26.0. The number of aromatic nitrogens is 1. The number of nitrogens with zero attached hydrogens (tertiary/aromatic N) is 5. The van der Waals surface area contributed by atoms with Crippen molar-refractivity contribution in [3.8, 4) is 5.75 Å². The fourth-order valence-corrected chi connectivity index (χ4v) is 5.12. The van der Waals surface area contributed by atoms with Crippen LogP contribution < -0.4 is 20.1 Å². The molecule has 0 spiro atoms. The Hall–Kier alpha value is -3.29. The number of carboxylic acids is 3. The van der Waals surface area contributed by atoms with Gasteiger partial charge in [-0.25, -0.2) is 0 Å². The van der Waals surface area contributed by atoms with E-state index in [2.05, 4.69) is 16.9 Å². The van der Waals surface area contributed by atoms with Crippen molar-refractivity contribution in [2.45, 2.75) is 84.2 Å². The van der Waals surface area contributed by atoms with Crippen LogP contribution >= 0.6 is 0 Å². The van der Waals surface area contributed by atoms with Gasteiger partial charge < -0.3 is 39.7 Å². The van der Waals surface area contributed by atoms with Crippen molar-refractivity contribution in [3.63, 3.8) is 0 Å². The van der Waals surface area contributed by atoms with Crippen LogP contribution in [0.1, 0.15) is 82.5 Å². The Kier molecular flexibility index (Phi) is 18.0. The van der Waals surface area contributed by atoms with Crippen LogP contribution in [0, 0.1) is 0 Å². The molecule has 1 aromatic rings. The second-order valence-corrected chi connectivity index (χ2v) is 11.3. The van der Waals surface area contributed by atoms with Gasteiger partial charge in [0.05, 0.1) is 29.9 Å². The first kappa shape index (κ1) is 36.9.